The first-order valence-corrected chi connectivity index (χ1v) is 4.57. The van der Waals surface area contributed by atoms with Gasteiger partial charge in [-0.2, -0.15) is 0 Å². The summed E-state index contributed by atoms with van der Waals surface area (Å²) in [6.45, 7) is 1.49. The van der Waals surface area contributed by atoms with Crippen molar-refractivity contribution in [3.8, 4) is 0 Å². The molecule has 8 heteroatoms. The largest absolute Gasteiger partial charge is 0.462 e. The van der Waals surface area contributed by atoms with Gasteiger partial charge in [-0.1, -0.05) is 0 Å². The molecule has 0 amide bonds. The quantitative estimate of drug-likeness (QED) is 0.461. The second-order valence-electron chi connectivity index (χ2n) is 2.90. The van der Waals surface area contributed by atoms with Gasteiger partial charge in [0.15, 0.2) is 0 Å². The topological polar surface area (TPSA) is 82.3 Å². The summed E-state index contributed by atoms with van der Waals surface area (Å²) in [7, 11) is 0. The first kappa shape index (κ1) is 12.9. The normalized spacial score (nSPS) is 10.4. The maximum Gasteiger partial charge on any atom is 0.345 e. The van der Waals surface area contributed by atoms with Gasteiger partial charge in [-0.25, -0.2) is 18.6 Å². The Hall–Kier alpha value is -2.12. The van der Waals surface area contributed by atoms with Gasteiger partial charge in [-0.05, 0) is 13.0 Å². The number of rotatable bonds is 4. The lowest BCUT2D eigenvalue weighted by Crippen LogP contribution is -2.09. The highest BCUT2D eigenvalue weighted by Crippen LogP contribution is 2.24. The average molecular weight is 246 g/mol. The molecule has 0 aliphatic rings. The molecule has 0 aliphatic heterocycles. The summed E-state index contributed by atoms with van der Waals surface area (Å²) in [5, 5.41) is 10.6. The first-order valence-electron chi connectivity index (χ1n) is 4.57. The third-order valence-corrected chi connectivity index (χ3v) is 1.82. The van der Waals surface area contributed by atoms with Crippen LogP contribution in [0.2, 0.25) is 0 Å². The molecule has 6 nitrogen and oxygen atoms in total. The van der Waals surface area contributed by atoms with Gasteiger partial charge in [0.2, 0.25) is 0 Å². The van der Waals surface area contributed by atoms with Gasteiger partial charge in [-0.3, -0.25) is 10.1 Å². The molecular formula is C9H8F2N2O4. The van der Waals surface area contributed by atoms with Gasteiger partial charge in [-0.15, -0.1) is 0 Å². The number of alkyl halides is 2. The number of ether oxygens (including phenoxy) is 1. The van der Waals surface area contributed by atoms with Crippen LogP contribution >= 0.6 is 0 Å². The average Bonchev–Trinajstić information content (AvgIpc) is 2.28. The number of carbonyl (C=O) groups excluding carboxylic acids is 1. The Balaban J connectivity index is 3.25. The van der Waals surface area contributed by atoms with Crippen LogP contribution in [0.4, 0.5) is 14.5 Å². The van der Waals surface area contributed by atoms with Crippen LogP contribution in [-0.4, -0.2) is 22.5 Å². The van der Waals surface area contributed by atoms with Crippen molar-refractivity contribution in [2.75, 3.05) is 6.61 Å². The van der Waals surface area contributed by atoms with E-state index in [1.54, 1.807) is 0 Å². The number of pyridine rings is 1. The summed E-state index contributed by atoms with van der Waals surface area (Å²) in [6, 6.07) is 0.667. The molecular weight excluding hydrogens is 238 g/mol. The molecule has 0 unspecified atom stereocenters. The highest BCUT2D eigenvalue weighted by molar-refractivity contribution is 5.93. The lowest BCUT2D eigenvalue weighted by atomic mass is 10.2. The summed E-state index contributed by atoms with van der Waals surface area (Å²) in [5.41, 5.74) is -1.89. The summed E-state index contributed by atoms with van der Waals surface area (Å²) < 4.78 is 29.2. The predicted octanol–water partition coefficient (Wildman–Crippen LogP) is 2.10. The lowest BCUT2D eigenvalue weighted by molar-refractivity contribution is -0.385. The van der Waals surface area contributed by atoms with E-state index in [0.717, 1.165) is 0 Å². The van der Waals surface area contributed by atoms with Crippen molar-refractivity contribution in [1.29, 1.82) is 0 Å². The van der Waals surface area contributed by atoms with Crippen LogP contribution in [0.3, 0.4) is 0 Å². The monoisotopic (exact) mass is 246 g/mol. The zero-order valence-corrected chi connectivity index (χ0v) is 8.72. The number of esters is 1. The van der Waals surface area contributed by atoms with Gasteiger partial charge in [0.1, 0.15) is 17.5 Å². The van der Waals surface area contributed by atoms with Crippen LogP contribution in [0.25, 0.3) is 0 Å². The van der Waals surface area contributed by atoms with E-state index in [0.29, 0.717) is 12.3 Å². The summed E-state index contributed by atoms with van der Waals surface area (Å²) in [6.07, 6.45) is -2.29. The second kappa shape index (κ2) is 5.28. The second-order valence-corrected chi connectivity index (χ2v) is 2.90. The van der Waals surface area contributed by atoms with Gasteiger partial charge < -0.3 is 4.74 Å². The Morgan fingerprint density at radius 1 is 1.65 bits per heavy atom. The van der Waals surface area contributed by atoms with Gasteiger partial charge in [0.05, 0.1) is 11.5 Å². The maximum atomic E-state index is 12.3. The highest BCUT2D eigenvalue weighted by atomic mass is 19.3. The summed E-state index contributed by atoms with van der Waals surface area (Å²) >= 11 is 0. The third kappa shape index (κ3) is 2.92. The van der Waals surface area contributed by atoms with E-state index < -0.39 is 34.3 Å². The van der Waals surface area contributed by atoms with Crippen LogP contribution in [-0.2, 0) is 4.74 Å². The van der Waals surface area contributed by atoms with Crippen LogP contribution in [0.5, 0.6) is 0 Å². The smallest absolute Gasteiger partial charge is 0.345 e. The zero-order valence-electron chi connectivity index (χ0n) is 8.72. The molecule has 92 valence electrons. The molecule has 1 aromatic heterocycles. The number of carbonyl (C=O) groups is 1. The van der Waals surface area contributed by atoms with Crippen molar-refractivity contribution in [3.63, 3.8) is 0 Å². The molecule has 0 fully saturated rings. The maximum absolute atomic E-state index is 12.3. The summed E-state index contributed by atoms with van der Waals surface area (Å²) in [5.74, 6) is -1.02. The molecule has 0 bridgehead atoms. The Morgan fingerprint density at radius 3 is 2.76 bits per heavy atom. The van der Waals surface area contributed by atoms with Crippen LogP contribution in [0.1, 0.15) is 29.4 Å². The molecule has 0 radical (unpaired) electrons. The van der Waals surface area contributed by atoms with E-state index in [2.05, 4.69) is 9.72 Å². The van der Waals surface area contributed by atoms with E-state index in [-0.39, 0.29) is 6.61 Å². The molecule has 1 heterocycles. The van der Waals surface area contributed by atoms with Gasteiger partial charge in [0, 0.05) is 0 Å². The van der Waals surface area contributed by atoms with Crippen molar-refractivity contribution in [1.82, 2.24) is 4.98 Å². The van der Waals surface area contributed by atoms with Crippen LogP contribution < -0.4 is 0 Å². The van der Waals surface area contributed by atoms with Crippen LogP contribution in [0.15, 0.2) is 12.3 Å². The first-order chi connectivity index (χ1) is 7.97. The Bertz CT molecular complexity index is 451. The fourth-order valence-corrected chi connectivity index (χ4v) is 1.10. The van der Waals surface area contributed by atoms with Gasteiger partial charge in [0.25, 0.3) is 6.43 Å². The van der Waals surface area contributed by atoms with Crippen molar-refractivity contribution < 1.29 is 23.2 Å². The fraction of sp³-hybridized carbons (Fsp3) is 0.333. The van der Waals surface area contributed by atoms with E-state index in [9.17, 15) is 23.7 Å². The van der Waals surface area contributed by atoms with Crippen molar-refractivity contribution in [3.05, 3.63) is 33.6 Å². The number of hydrogen-bond donors (Lipinski definition) is 0. The molecule has 0 saturated heterocycles. The number of hydrogen-bond acceptors (Lipinski definition) is 5. The molecule has 17 heavy (non-hydrogen) atoms. The molecule has 0 N–H and O–H groups in total. The minimum atomic E-state index is -2.91. The number of aromatic nitrogens is 1. The Labute approximate surface area is 94.4 Å². The zero-order chi connectivity index (χ0) is 13.0. The predicted molar refractivity (Wildman–Crippen MR) is 51.8 cm³/mol. The highest BCUT2D eigenvalue weighted by Gasteiger charge is 2.24. The Morgan fingerprint density at radius 2 is 2.29 bits per heavy atom. The van der Waals surface area contributed by atoms with E-state index in [1.807, 2.05) is 0 Å². The standard InChI is InChI=1S/C9H8F2N2O4/c1-2-17-9(14)5-3-6(8(10)11)12-4-7(5)13(15)16/h3-4,8H,2H2,1H3. The van der Waals surface area contributed by atoms with Crippen LogP contribution in [0, 0.1) is 10.1 Å². The minimum absolute atomic E-state index is 0.0116. The lowest BCUT2D eigenvalue weighted by Gasteiger charge is -2.04. The number of nitro groups is 1. The molecule has 0 atom stereocenters. The molecule has 0 spiro atoms. The van der Waals surface area contributed by atoms with E-state index in [1.165, 1.54) is 6.92 Å². The van der Waals surface area contributed by atoms with Crippen molar-refractivity contribution in [2.45, 2.75) is 13.3 Å². The number of nitrogens with zero attached hydrogens (tertiary/aromatic N) is 2. The molecule has 0 aromatic carbocycles. The van der Waals surface area contributed by atoms with Gasteiger partial charge >= 0.3 is 11.7 Å². The third-order valence-electron chi connectivity index (χ3n) is 1.82. The molecule has 0 aliphatic carbocycles. The summed E-state index contributed by atoms with van der Waals surface area (Å²) in [4.78, 5) is 24.3. The number of halogens is 2. The molecule has 1 rings (SSSR count). The minimum Gasteiger partial charge on any atom is -0.462 e. The molecule has 1 aromatic rings. The van der Waals surface area contributed by atoms with E-state index >= 15 is 0 Å². The fourth-order valence-electron chi connectivity index (χ4n) is 1.10. The van der Waals surface area contributed by atoms with Crippen molar-refractivity contribution >= 4 is 11.7 Å². The SMILES string of the molecule is CCOC(=O)c1cc(C(F)F)ncc1[N+](=O)[O-]. The molecule has 0 saturated carbocycles. The van der Waals surface area contributed by atoms with E-state index in [4.69, 9.17) is 0 Å². The van der Waals surface area contributed by atoms with Crippen molar-refractivity contribution in [2.24, 2.45) is 0 Å². The Kier molecular flexibility index (Phi) is 4.02.